The predicted octanol–water partition coefficient (Wildman–Crippen LogP) is 2.59. The van der Waals surface area contributed by atoms with Gasteiger partial charge in [0.1, 0.15) is 6.10 Å². The third kappa shape index (κ3) is 1.21. The van der Waals surface area contributed by atoms with Crippen LogP contribution in [0, 0.1) is 11.6 Å². The summed E-state index contributed by atoms with van der Waals surface area (Å²) in [4.78, 5) is 10.9. The van der Waals surface area contributed by atoms with Crippen molar-refractivity contribution in [1.29, 1.82) is 0 Å². The first-order valence-electron chi connectivity index (χ1n) is 4.05. The van der Waals surface area contributed by atoms with E-state index < -0.39 is 23.8 Å². The SMILES string of the molecule is CC1OC(=O)Nc2ccc(F)c(F)c21. The molecule has 0 bridgehead atoms. The summed E-state index contributed by atoms with van der Waals surface area (Å²) in [6.45, 7) is 1.49. The molecular formula is C9H7F2NO2. The number of fused-ring (bicyclic) bond motifs is 1. The van der Waals surface area contributed by atoms with Crippen molar-refractivity contribution in [1.82, 2.24) is 0 Å². The van der Waals surface area contributed by atoms with Crippen LogP contribution in [0.2, 0.25) is 0 Å². The number of ether oxygens (including phenoxy) is 1. The van der Waals surface area contributed by atoms with Crippen molar-refractivity contribution in [3.8, 4) is 0 Å². The van der Waals surface area contributed by atoms with E-state index in [4.69, 9.17) is 4.74 Å². The smallest absolute Gasteiger partial charge is 0.412 e. The molecule has 1 N–H and O–H groups in total. The Balaban J connectivity index is 2.59. The van der Waals surface area contributed by atoms with E-state index in [0.717, 1.165) is 6.07 Å². The molecule has 74 valence electrons. The fourth-order valence-electron chi connectivity index (χ4n) is 1.43. The Kier molecular flexibility index (Phi) is 1.87. The van der Waals surface area contributed by atoms with E-state index in [0.29, 0.717) is 0 Å². The van der Waals surface area contributed by atoms with Crippen LogP contribution in [-0.2, 0) is 4.74 Å². The van der Waals surface area contributed by atoms with Crippen LogP contribution in [0.25, 0.3) is 0 Å². The van der Waals surface area contributed by atoms with Crippen molar-refractivity contribution >= 4 is 11.8 Å². The highest BCUT2D eigenvalue weighted by Crippen LogP contribution is 2.33. The second kappa shape index (κ2) is 2.94. The van der Waals surface area contributed by atoms with E-state index in [-0.39, 0.29) is 11.3 Å². The monoisotopic (exact) mass is 199 g/mol. The number of anilines is 1. The van der Waals surface area contributed by atoms with E-state index in [1.54, 1.807) is 0 Å². The molecule has 1 heterocycles. The minimum absolute atomic E-state index is 0.0459. The molecule has 0 fully saturated rings. The Morgan fingerprint density at radius 3 is 2.86 bits per heavy atom. The summed E-state index contributed by atoms with van der Waals surface area (Å²) in [5.41, 5.74) is 0.303. The van der Waals surface area contributed by atoms with Gasteiger partial charge in [-0.1, -0.05) is 0 Å². The molecule has 14 heavy (non-hydrogen) atoms. The Bertz CT molecular complexity index is 406. The minimum Gasteiger partial charge on any atom is -0.441 e. The van der Waals surface area contributed by atoms with E-state index in [1.165, 1.54) is 13.0 Å². The summed E-state index contributed by atoms with van der Waals surface area (Å²) in [5, 5.41) is 2.29. The Labute approximate surface area is 78.7 Å². The largest absolute Gasteiger partial charge is 0.441 e. The number of nitrogens with one attached hydrogen (secondary N) is 1. The molecule has 1 aromatic carbocycles. The molecule has 1 unspecified atom stereocenters. The zero-order chi connectivity index (χ0) is 10.3. The van der Waals surface area contributed by atoms with Gasteiger partial charge in [-0.2, -0.15) is 0 Å². The molecule has 0 saturated heterocycles. The quantitative estimate of drug-likeness (QED) is 0.697. The fraction of sp³-hybridized carbons (Fsp3) is 0.222. The van der Waals surface area contributed by atoms with Gasteiger partial charge in [0.2, 0.25) is 0 Å². The van der Waals surface area contributed by atoms with E-state index >= 15 is 0 Å². The zero-order valence-corrected chi connectivity index (χ0v) is 7.30. The predicted molar refractivity (Wildman–Crippen MR) is 44.9 cm³/mol. The molecule has 1 aliphatic heterocycles. The summed E-state index contributed by atoms with van der Waals surface area (Å²) in [6, 6.07) is 2.27. The van der Waals surface area contributed by atoms with Crippen LogP contribution >= 0.6 is 0 Å². The van der Waals surface area contributed by atoms with Crippen LogP contribution in [0.3, 0.4) is 0 Å². The summed E-state index contributed by atoms with van der Waals surface area (Å²) in [7, 11) is 0. The topological polar surface area (TPSA) is 38.3 Å². The van der Waals surface area contributed by atoms with Gasteiger partial charge in [-0.25, -0.2) is 13.6 Å². The van der Waals surface area contributed by atoms with Crippen LogP contribution in [0.15, 0.2) is 12.1 Å². The van der Waals surface area contributed by atoms with Gasteiger partial charge in [0.05, 0.1) is 11.3 Å². The molecule has 1 aromatic rings. The molecule has 0 aromatic heterocycles. The van der Waals surface area contributed by atoms with Crippen LogP contribution in [0.4, 0.5) is 19.3 Å². The summed E-state index contributed by atoms with van der Waals surface area (Å²) in [5.74, 6) is -1.93. The van der Waals surface area contributed by atoms with Crippen molar-refractivity contribution in [2.75, 3.05) is 5.32 Å². The van der Waals surface area contributed by atoms with Gasteiger partial charge in [-0.15, -0.1) is 0 Å². The van der Waals surface area contributed by atoms with Crippen molar-refractivity contribution in [2.24, 2.45) is 0 Å². The van der Waals surface area contributed by atoms with Gasteiger partial charge >= 0.3 is 6.09 Å². The highest BCUT2D eigenvalue weighted by molar-refractivity contribution is 5.88. The third-order valence-electron chi connectivity index (χ3n) is 2.06. The fourth-order valence-corrected chi connectivity index (χ4v) is 1.43. The Hall–Kier alpha value is -1.65. The highest BCUT2D eigenvalue weighted by Gasteiger charge is 2.27. The first-order valence-corrected chi connectivity index (χ1v) is 4.05. The van der Waals surface area contributed by atoms with Crippen LogP contribution in [-0.4, -0.2) is 6.09 Å². The van der Waals surface area contributed by atoms with Crippen LogP contribution in [0.5, 0.6) is 0 Å². The number of hydrogen-bond donors (Lipinski definition) is 1. The summed E-state index contributed by atoms with van der Waals surface area (Å²) >= 11 is 0. The van der Waals surface area contributed by atoms with Crippen molar-refractivity contribution < 1.29 is 18.3 Å². The third-order valence-corrected chi connectivity index (χ3v) is 2.06. The second-order valence-corrected chi connectivity index (χ2v) is 3.00. The van der Waals surface area contributed by atoms with Crippen LogP contribution in [0.1, 0.15) is 18.6 Å². The number of cyclic esters (lactones) is 1. The lowest BCUT2D eigenvalue weighted by Crippen LogP contribution is -2.24. The van der Waals surface area contributed by atoms with Crippen LogP contribution < -0.4 is 5.32 Å². The molecule has 3 nitrogen and oxygen atoms in total. The number of hydrogen-bond acceptors (Lipinski definition) is 2. The number of rotatable bonds is 0. The molecule has 0 spiro atoms. The molecule has 1 aliphatic rings. The number of carbonyl (C=O) groups is 1. The standard InChI is InChI=1S/C9H7F2NO2/c1-4-7-6(12-9(13)14-4)3-2-5(10)8(7)11/h2-4H,1H3,(H,12,13). The van der Waals surface area contributed by atoms with E-state index in [2.05, 4.69) is 5.32 Å². The van der Waals surface area contributed by atoms with Crippen molar-refractivity contribution in [2.45, 2.75) is 13.0 Å². The van der Waals surface area contributed by atoms with Gasteiger partial charge in [-0.05, 0) is 19.1 Å². The molecular weight excluding hydrogens is 192 g/mol. The average Bonchev–Trinajstić information content (AvgIpc) is 2.10. The number of amides is 1. The zero-order valence-electron chi connectivity index (χ0n) is 7.30. The summed E-state index contributed by atoms with van der Waals surface area (Å²) < 4.78 is 30.8. The van der Waals surface area contributed by atoms with Crippen molar-refractivity contribution in [3.05, 3.63) is 29.3 Å². The van der Waals surface area contributed by atoms with Gasteiger partial charge in [0, 0.05) is 0 Å². The first kappa shape index (κ1) is 8.93. The molecule has 5 heteroatoms. The summed E-state index contributed by atoms with van der Waals surface area (Å²) in [6.07, 6.45) is -1.43. The number of halogens is 2. The Morgan fingerprint density at radius 1 is 1.43 bits per heavy atom. The maximum atomic E-state index is 13.3. The number of benzene rings is 1. The number of carbonyl (C=O) groups excluding carboxylic acids is 1. The highest BCUT2D eigenvalue weighted by atomic mass is 19.2. The maximum absolute atomic E-state index is 13.3. The van der Waals surface area contributed by atoms with Crippen molar-refractivity contribution in [3.63, 3.8) is 0 Å². The lowest BCUT2D eigenvalue weighted by molar-refractivity contribution is 0.114. The molecule has 1 atom stereocenters. The Morgan fingerprint density at radius 2 is 2.14 bits per heavy atom. The van der Waals surface area contributed by atoms with Gasteiger partial charge < -0.3 is 4.74 Å². The van der Waals surface area contributed by atoms with E-state index in [9.17, 15) is 13.6 Å². The van der Waals surface area contributed by atoms with Gasteiger partial charge in [0.15, 0.2) is 11.6 Å². The van der Waals surface area contributed by atoms with Gasteiger partial charge in [0.25, 0.3) is 0 Å². The van der Waals surface area contributed by atoms with E-state index in [1.807, 2.05) is 0 Å². The molecule has 2 rings (SSSR count). The second-order valence-electron chi connectivity index (χ2n) is 3.00. The molecule has 0 radical (unpaired) electrons. The normalized spacial score (nSPS) is 19.6. The average molecular weight is 199 g/mol. The lowest BCUT2D eigenvalue weighted by Gasteiger charge is -2.23. The molecule has 0 saturated carbocycles. The maximum Gasteiger partial charge on any atom is 0.412 e. The lowest BCUT2D eigenvalue weighted by atomic mass is 10.1. The minimum atomic E-state index is -0.977. The molecule has 0 aliphatic carbocycles. The first-order chi connectivity index (χ1) is 6.59. The van der Waals surface area contributed by atoms with Gasteiger partial charge in [-0.3, -0.25) is 5.32 Å². The molecule has 1 amide bonds.